The fourth-order valence-corrected chi connectivity index (χ4v) is 2.16. The summed E-state index contributed by atoms with van der Waals surface area (Å²) in [4.78, 5) is 7.62. The zero-order chi connectivity index (χ0) is 11.5. The van der Waals surface area contributed by atoms with E-state index >= 15 is 0 Å². The maximum absolute atomic E-state index is 4.32. The maximum atomic E-state index is 4.32. The zero-order valence-corrected chi connectivity index (χ0v) is 10.9. The summed E-state index contributed by atoms with van der Waals surface area (Å²) in [6.45, 7) is 2.86. The maximum Gasteiger partial charge on any atom is 0.120 e. The molecule has 4 heteroatoms. The molecular weight excluding hydrogens is 266 g/mol. The molecular formula is C12H14BrN3. The molecule has 2 N–H and O–H groups in total. The number of nitrogens with zero attached hydrogens (tertiary/aromatic N) is 1. The number of nitrogens with one attached hydrogen (secondary N) is 2. The van der Waals surface area contributed by atoms with Crippen molar-refractivity contribution in [2.75, 3.05) is 7.05 Å². The highest BCUT2D eigenvalue weighted by atomic mass is 79.9. The van der Waals surface area contributed by atoms with Crippen molar-refractivity contribution >= 4 is 15.9 Å². The molecule has 0 aliphatic heterocycles. The number of halogens is 1. The van der Waals surface area contributed by atoms with Crippen LogP contribution in [0, 0.1) is 6.92 Å². The van der Waals surface area contributed by atoms with Gasteiger partial charge in [-0.2, -0.15) is 0 Å². The minimum Gasteiger partial charge on any atom is -0.341 e. The van der Waals surface area contributed by atoms with Gasteiger partial charge in [-0.1, -0.05) is 22.0 Å². The van der Waals surface area contributed by atoms with Crippen LogP contribution in [0.15, 0.2) is 28.9 Å². The second-order valence-corrected chi connectivity index (χ2v) is 4.65. The predicted octanol–water partition coefficient (Wildman–Crippen LogP) is 2.87. The normalized spacial score (nSPS) is 10.7. The Bertz CT molecular complexity index is 491. The smallest absolute Gasteiger partial charge is 0.120 e. The number of hydrogen-bond donors (Lipinski definition) is 2. The number of H-pyrrole nitrogens is 1. The number of benzene rings is 1. The number of aromatic amines is 1. The number of hydrogen-bond acceptors (Lipinski definition) is 2. The third-order valence-corrected chi connectivity index (χ3v) is 2.94. The Morgan fingerprint density at radius 1 is 1.44 bits per heavy atom. The monoisotopic (exact) mass is 279 g/mol. The molecule has 0 bridgehead atoms. The van der Waals surface area contributed by atoms with Crippen LogP contribution in [-0.2, 0) is 6.54 Å². The van der Waals surface area contributed by atoms with Gasteiger partial charge < -0.3 is 10.3 Å². The van der Waals surface area contributed by atoms with Crippen molar-refractivity contribution in [3.8, 4) is 11.3 Å². The molecule has 1 aromatic carbocycles. The van der Waals surface area contributed by atoms with Crippen LogP contribution in [-0.4, -0.2) is 17.0 Å². The van der Waals surface area contributed by atoms with Gasteiger partial charge in [-0.05, 0) is 31.7 Å². The van der Waals surface area contributed by atoms with E-state index in [1.165, 1.54) is 11.1 Å². The Balaban J connectivity index is 2.35. The van der Waals surface area contributed by atoms with Crippen LogP contribution in [0.1, 0.15) is 11.4 Å². The molecule has 0 aliphatic rings. The van der Waals surface area contributed by atoms with Gasteiger partial charge in [-0.15, -0.1) is 0 Å². The van der Waals surface area contributed by atoms with E-state index in [9.17, 15) is 0 Å². The Kier molecular flexibility index (Phi) is 3.41. The molecule has 0 saturated heterocycles. The molecule has 1 aromatic heterocycles. The van der Waals surface area contributed by atoms with Crippen molar-refractivity contribution in [1.82, 2.24) is 15.3 Å². The summed E-state index contributed by atoms with van der Waals surface area (Å²) in [6, 6.07) is 6.24. The van der Waals surface area contributed by atoms with Gasteiger partial charge in [0, 0.05) is 10.0 Å². The molecule has 2 aromatic rings. The van der Waals surface area contributed by atoms with Crippen LogP contribution in [0.3, 0.4) is 0 Å². The van der Waals surface area contributed by atoms with Crippen LogP contribution >= 0.6 is 15.9 Å². The van der Waals surface area contributed by atoms with Crippen LogP contribution in [0.5, 0.6) is 0 Å². The van der Waals surface area contributed by atoms with E-state index in [0.717, 1.165) is 22.5 Å². The molecule has 0 aliphatic carbocycles. The third-order valence-electron chi connectivity index (χ3n) is 2.45. The van der Waals surface area contributed by atoms with E-state index in [4.69, 9.17) is 0 Å². The third kappa shape index (κ3) is 2.33. The van der Waals surface area contributed by atoms with Gasteiger partial charge in [0.25, 0.3) is 0 Å². The van der Waals surface area contributed by atoms with Gasteiger partial charge in [0.15, 0.2) is 0 Å². The number of aryl methyl sites for hydroxylation is 1. The summed E-state index contributed by atoms with van der Waals surface area (Å²) in [5.74, 6) is 0.958. The molecule has 2 rings (SSSR count). The Morgan fingerprint density at radius 2 is 2.25 bits per heavy atom. The van der Waals surface area contributed by atoms with Crippen LogP contribution in [0.4, 0.5) is 0 Å². The number of aromatic nitrogens is 2. The minimum absolute atomic E-state index is 0.759. The van der Waals surface area contributed by atoms with Gasteiger partial charge in [0.05, 0.1) is 18.4 Å². The lowest BCUT2D eigenvalue weighted by Gasteiger charge is -2.03. The standard InChI is InChI=1S/C12H14BrN3/c1-8-5-9(13)3-4-10(8)11-6-15-12(16-11)7-14-2/h3-6,14H,7H2,1-2H3,(H,15,16). The average molecular weight is 280 g/mol. The van der Waals surface area contributed by atoms with Gasteiger partial charge in [0.1, 0.15) is 5.82 Å². The van der Waals surface area contributed by atoms with Crippen molar-refractivity contribution in [1.29, 1.82) is 0 Å². The topological polar surface area (TPSA) is 40.7 Å². The second kappa shape index (κ2) is 4.80. The fraction of sp³-hybridized carbons (Fsp3) is 0.250. The first-order valence-electron chi connectivity index (χ1n) is 5.15. The van der Waals surface area contributed by atoms with E-state index in [1.54, 1.807) is 0 Å². The number of rotatable bonds is 3. The zero-order valence-electron chi connectivity index (χ0n) is 9.34. The summed E-state index contributed by atoms with van der Waals surface area (Å²) in [5.41, 5.74) is 3.49. The predicted molar refractivity (Wildman–Crippen MR) is 69.2 cm³/mol. The van der Waals surface area contributed by atoms with Gasteiger partial charge in [-0.25, -0.2) is 4.98 Å². The Labute approximate surface area is 103 Å². The lowest BCUT2D eigenvalue weighted by Crippen LogP contribution is -2.06. The van der Waals surface area contributed by atoms with Gasteiger partial charge >= 0.3 is 0 Å². The summed E-state index contributed by atoms with van der Waals surface area (Å²) in [7, 11) is 1.91. The molecule has 3 nitrogen and oxygen atoms in total. The van der Waals surface area contributed by atoms with Crippen molar-refractivity contribution < 1.29 is 0 Å². The Morgan fingerprint density at radius 3 is 2.94 bits per heavy atom. The highest BCUT2D eigenvalue weighted by Crippen LogP contribution is 2.24. The van der Waals surface area contributed by atoms with Crippen LogP contribution < -0.4 is 5.32 Å². The summed E-state index contributed by atoms with van der Waals surface area (Å²) in [5, 5.41) is 3.07. The number of imidazole rings is 1. The molecule has 84 valence electrons. The first kappa shape index (κ1) is 11.4. The summed E-state index contributed by atoms with van der Waals surface area (Å²) >= 11 is 3.46. The molecule has 0 fully saturated rings. The largest absolute Gasteiger partial charge is 0.341 e. The van der Waals surface area contributed by atoms with Crippen LogP contribution in [0.2, 0.25) is 0 Å². The van der Waals surface area contributed by atoms with E-state index in [-0.39, 0.29) is 0 Å². The van der Waals surface area contributed by atoms with Crippen molar-refractivity contribution in [2.24, 2.45) is 0 Å². The molecule has 0 radical (unpaired) electrons. The van der Waals surface area contributed by atoms with E-state index in [0.29, 0.717) is 0 Å². The Hall–Kier alpha value is -1.13. The lowest BCUT2D eigenvalue weighted by atomic mass is 10.1. The summed E-state index contributed by atoms with van der Waals surface area (Å²) in [6.07, 6.45) is 1.88. The lowest BCUT2D eigenvalue weighted by molar-refractivity contribution is 0.772. The van der Waals surface area contributed by atoms with Gasteiger partial charge in [-0.3, -0.25) is 0 Å². The molecule has 16 heavy (non-hydrogen) atoms. The van der Waals surface area contributed by atoms with E-state index in [2.05, 4.69) is 50.3 Å². The molecule has 1 heterocycles. The molecule has 0 amide bonds. The quantitative estimate of drug-likeness (QED) is 0.907. The molecule has 0 saturated carbocycles. The SMILES string of the molecule is CNCc1ncc(-c2ccc(Br)cc2C)[nH]1. The summed E-state index contributed by atoms with van der Waals surface area (Å²) < 4.78 is 1.10. The van der Waals surface area contributed by atoms with Crippen molar-refractivity contribution in [3.05, 3.63) is 40.3 Å². The highest BCUT2D eigenvalue weighted by molar-refractivity contribution is 9.10. The van der Waals surface area contributed by atoms with Gasteiger partial charge in [0.2, 0.25) is 0 Å². The second-order valence-electron chi connectivity index (χ2n) is 3.73. The molecule has 0 spiro atoms. The van der Waals surface area contributed by atoms with Crippen molar-refractivity contribution in [3.63, 3.8) is 0 Å². The fourth-order valence-electron chi connectivity index (χ4n) is 1.69. The van der Waals surface area contributed by atoms with Crippen LogP contribution in [0.25, 0.3) is 11.3 Å². The first-order chi connectivity index (χ1) is 7.70. The minimum atomic E-state index is 0.759. The molecule has 0 unspecified atom stereocenters. The molecule has 0 atom stereocenters. The highest BCUT2D eigenvalue weighted by Gasteiger charge is 2.05. The van der Waals surface area contributed by atoms with Crippen molar-refractivity contribution in [2.45, 2.75) is 13.5 Å². The first-order valence-corrected chi connectivity index (χ1v) is 5.95. The van der Waals surface area contributed by atoms with E-state index in [1.807, 2.05) is 19.3 Å². The van der Waals surface area contributed by atoms with E-state index < -0.39 is 0 Å². The average Bonchev–Trinajstić information content (AvgIpc) is 2.67.